The third kappa shape index (κ3) is 3.83. The number of nitrogens with zero attached hydrogens (tertiary/aromatic N) is 4. The maximum atomic E-state index is 11.6. The fourth-order valence-electron chi connectivity index (χ4n) is 2.48. The highest BCUT2D eigenvalue weighted by Gasteiger charge is 2.16. The Morgan fingerprint density at radius 1 is 1.27 bits per heavy atom. The van der Waals surface area contributed by atoms with Crippen LogP contribution in [0.15, 0.2) is 55.0 Å². The molecule has 26 heavy (non-hydrogen) atoms. The van der Waals surface area contributed by atoms with E-state index >= 15 is 0 Å². The Morgan fingerprint density at radius 2 is 2.04 bits per heavy atom. The van der Waals surface area contributed by atoms with Crippen molar-refractivity contribution in [2.45, 2.75) is 13.1 Å². The van der Waals surface area contributed by atoms with E-state index in [0.717, 1.165) is 23.7 Å². The minimum absolute atomic E-state index is 0.0413. The van der Waals surface area contributed by atoms with Crippen molar-refractivity contribution in [2.24, 2.45) is 5.73 Å². The van der Waals surface area contributed by atoms with Gasteiger partial charge in [-0.3, -0.25) is 14.9 Å². The van der Waals surface area contributed by atoms with Crippen molar-refractivity contribution in [1.29, 1.82) is 0 Å². The van der Waals surface area contributed by atoms with Gasteiger partial charge in [0.25, 0.3) is 11.6 Å². The molecule has 1 aromatic carbocycles. The zero-order valence-corrected chi connectivity index (χ0v) is 13.7. The van der Waals surface area contributed by atoms with E-state index in [9.17, 15) is 14.9 Å². The van der Waals surface area contributed by atoms with Crippen LogP contribution >= 0.6 is 0 Å². The highest BCUT2D eigenvalue weighted by atomic mass is 16.6. The molecule has 0 saturated carbocycles. The molecule has 0 aliphatic rings. The monoisotopic (exact) mass is 352 g/mol. The first-order valence-electron chi connectivity index (χ1n) is 7.76. The molecule has 0 unspecified atom stereocenters. The number of carbonyl (C=O) groups is 1. The average molecular weight is 352 g/mol. The number of benzene rings is 1. The van der Waals surface area contributed by atoms with Crippen molar-refractivity contribution >= 4 is 17.4 Å². The first-order chi connectivity index (χ1) is 12.5. The predicted octanol–water partition coefficient (Wildman–Crippen LogP) is 1.95. The number of hydrogen-bond donors (Lipinski definition) is 2. The quantitative estimate of drug-likeness (QED) is 0.494. The summed E-state index contributed by atoms with van der Waals surface area (Å²) in [6.07, 6.45) is 4.60. The normalized spacial score (nSPS) is 10.5. The van der Waals surface area contributed by atoms with Gasteiger partial charge in [0.05, 0.1) is 17.0 Å². The molecule has 0 aliphatic heterocycles. The number of amides is 1. The van der Waals surface area contributed by atoms with Crippen LogP contribution in [0, 0.1) is 10.1 Å². The van der Waals surface area contributed by atoms with Gasteiger partial charge in [-0.2, -0.15) is 0 Å². The van der Waals surface area contributed by atoms with E-state index in [0.29, 0.717) is 6.54 Å². The van der Waals surface area contributed by atoms with E-state index in [1.807, 2.05) is 41.1 Å². The lowest BCUT2D eigenvalue weighted by atomic mass is 10.2. The molecular weight excluding hydrogens is 336 g/mol. The van der Waals surface area contributed by atoms with Crippen molar-refractivity contribution in [3.63, 3.8) is 0 Å². The van der Waals surface area contributed by atoms with Gasteiger partial charge >= 0.3 is 0 Å². The highest BCUT2D eigenvalue weighted by molar-refractivity contribution is 5.98. The zero-order chi connectivity index (χ0) is 18.5. The molecule has 9 heteroatoms. The largest absolute Gasteiger partial charge is 0.365 e. The Kier molecular flexibility index (Phi) is 4.88. The molecule has 1 amide bonds. The second-order valence-electron chi connectivity index (χ2n) is 5.52. The maximum Gasteiger partial charge on any atom is 0.288 e. The fourth-order valence-corrected chi connectivity index (χ4v) is 2.48. The Morgan fingerprint density at radius 3 is 2.73 bits per heavy atom. The van der Waals surface area contributed by atoms with Crippen molar-refractivity contribution in [3.8, 4) is 0 Å². The van der Waals surface area contributed by atoms with Gasteiger partial charge in [-0.05, 0) is 5.56 Å². The zero-order valence-electron chi connectivity index (χ0n) is 13.7. The summed E-state index contributed by atoms with van der Waals surface area (Å²) in [6.45, 7) is 0.930. The summed E-state index contributed by atoms with van der Waals surface area (Å²) in [5, 5.41) is 13.8. The van der Waals surface area contributed by atoms with E-state index in [1.54, 1.807) is 6.20 Å². The van der Waals surface area contributed by atoms with Crippen LogP contribution in [0.2, 0.25) is 0 Å². The highest BCUT2D eigenvalue weighted by Crippen LogP contribution is 2.19. The number of nitro groups is 1. The number of anilines is 1. The third-order valence-electron chi connectivity index (χ3n) is 3.76. The van der Waals surface area contributed by atoms with E-state index < -0.39 is 10.8 Å². The number of rotatable bonds is 7. The number of primary amides is 1. The Hall–Kier alpha value is -3.75. The summed E-state index contributed by atoms with van der Waals surface area (Å²) >= 11 is 0. The molecule has 0 aliphatic carbocycles. The predicted molar refractivity (Wildman–Crippen MR) is 94.5 cm³/mol. The van der Waals surface area contributed by atoms with Crippen LogP contribution in [0.25, 0.3) is 0 Å². The number of nitrogens with two attached hydrogens (primary N) is 1. The van der Waals surface area contributed by atoms with Gasteiger partial charge in [-0.25, -0.2) is 9.97 Å². The van der Waals surface area contributed by atoms with E-state index in [2.05, 4.69) is 15.3 Å². The van der Waals surface area contributed by atoms with E-state index in [-0.39, 0.29) is 23.6 Å². The molecule has 2 aromatic heterocycles. The van der Waals surface area contributed by atoms with Crippen molar-refractivity contribution in [1.82, 2.24) is 14.5 Å². The summed E-state index contributed by atoms with van der Waals surface area (Å²) in [5.74, 6) is 0.109. The Balaban J connectivity index is 1.77. The number of pyridine rings is 1. The molecular formula is C17H16N6O3. The summed E-state index contributed by atoms with van der Waals surface area (Å²) in [6, 6.07) is 11.0. The lowest BCUT2D eigenvalue weighted by molar-refractivity contribution is -0.385. The molecule has 0 atom stereocenters. The minimum Gasteiger partial charge on any atom is -0.365 e. The van der Waals surface area contributed by atoms with Crippen LogP contribution in [-0.4, -0.2) is 25.4 Å². The second kappa shape index (κ2) is 7.43. The molecule has 3 rings (SSSR count). The molecule has 3 aromatic rings. The summed E-state index contributed by atoms with van der Waals surface area (Å²) in [7, 11) is 0. The SMILES string of the molecule is NC(=O)c1cc([N+](=O)[O-])cnc1NCc1nccn1Cc1ccccc1. The van der Waals surface area contributed by atoms with Crippen LogP contribution < -0.4 is 11.1 Å². The third-order valence-corrected chi connectivity index (χ3v) is 3.76. The van der Waals surface area contributed by atoms with Gasteiger partial charge in [0.1, 0.15) is 17.8 Å². The average Bonchev–Trinajstić information content (AvgIpc) is 3.07. The van der Waals surface area contributed by atoms with Crippen LogP contribution in [0.3, 0.4) is 0 Å². The summed E-state index contributed by atoms with van der Waals surface area (Å²) in [4.78, 5) is 30.0. The molecule has 0 fully saturated rings. The molecule has 9 nitrogen and oxygen atoms in total. The van der Waals surface area contributed by atoms with Crippen LogP contribution in [0.4, 0.5) is 11.5 Å². The van der Waals surface area contributed by atoms with Gasteiger partial charge in [0.15, 0.2) is 0 Å². The van der Waals surface area contributed by atoms with Crippen molar-refractivity contribution in [3.05, 3.63) is 82.1 Å². The van der Waals surface area contributed by atoms with Gasteiger partial charge < -0.3 is 15.6 Å². The number of hydrogen-bond acceptors (Lipinski definition) is 6. The molecule has 0 saturated heterocycles. The lowest BCUT2D eigenvalue weighted by Gasteiger charge is -2.11. The van der Waals surface area contributed by atoms with E-state index in [1.165, 1.54) is 0 Å². The molecule has 3 N–H and O–H groups in total. The molecule has 0 bridgehead atoms. The van der Waals surface area contributed by atoms with Crippen LogP contribution in [0.5, 0.6) is 0 Å². The topological polar surface area (TPSA) is 129 Å². The van der Waals surface area contributed by atoms with Gasteiger partial charge in [-0.1, -0.05) is 30.3 Å². The molecule has 132 valence electrons. The second-order valence-corrected chi connectivity index (χ2v) is 5.52. The number of aromatic nitrogens is 3. The molecule has 0 spiro atoms. The first kappa shape index (κ1) is 17.1. The number of nitrogens with one attached hydrogen (secondary N) is 1. The lowest BCUT2D eigenvalue weighted by Crippen LogP contribution is -2.17. The standard InChI is InChI=1S/C17H16N6O3/c18-16(24)14-8-13(23(25)26)9-20-17(14)21-10-15-19-6-7-22(15)11-12-4-2-1-3-5-12/h1-9H,10-11H2,(H2,18,24)(H,20,21). The number of imidazole rings is 1. The van der Waals surface area contributed by atoms with Crippen molar-refractivity contribution in [2.75, 3.05) is 5.32 Å². The number of carbonyl (C=O) groups excluding carboxylic acids is 1. The fraction of sp³-hybridized carbons (Fsp3) is 0.118. The summed E-state index contributed by atoms with van der Waals surface area (Å²) in [5.41, 5.74) is 6.09. The van der Waals surface area contributed by atoms with Crippen LogP contribution in [0.1, 0.15) is 21.7 Å². The Labute approximate surface area is 148 Å². The smallest absolute Gasteiger partial charge is 0.288 e. The van der Waals surface area contributed by atoms with E-state index in [4.69, 9.17) is 5.73 Å². The van der Waals surface area contributed by atoms with Gasteiger partial charge in [0, 0.05) is 25.0 Å². The molecule has 2 heterocycles. The Bertz CT molecular complexity index is 939. The van der Waals surface area contributed by atoms with Crippen molar-refractivity contribution < 1.29 is 9.72 Å². The maximum absolute atomic E-state index is 11.6. The van der Waals surface area contributed by atoms with Gasteiger partial charge in [0.2, 0.25) is 0 Å². The van der Waals surface area contributed by atoms with Crippen LogP contribution in [-0.2, 0) is 13.1 Å². The minimum atomic E-state index is -0.795. The molecule has 0 radical (unpaired) electrons. The summed E-state index contributed by atoms with van der Waals surface area (Å²) < 4.78 is 1.96. The van der Waals surface area contributed by atoms with Gasteiger partial charge in [-0.15, -0.1) is 0 Å². The first-order valence-corrected chi connectivity index (χ1v) is 7.76.